The van der Waals surface area contributed by atoms with Gasteiger partial charge in [-0.25, -0.2) is 9.37 Å². The molecule has 5 nitrogen and oxygen atoms in total. The van der Waals surface area contributed by atoms with Gasteiger partial charge in [-0.15, -0.1) is 0 Å². The number of rotatable bonds is 5. The summed E-state index contributed by atoms with van der Waals surface area (Å²) in [6.45, 7) is 4.20. The normalized spacial score (nSPS) is 14.5. The Morgan fingerprint density at radius 1 is 1.00 bits per heavy atom. The summed E-state index contributed by atoms with van der Waals surface area (Å²) in [5.74, 6) is 0.953. The first kappa shape index (κ1) is 18.4. The molecule has 0 amide bonds. The van der Waals surface area contributed by atoms with Crippen molar-refractivity contribution in [2.45, 2.75) is 13.0 Å². The van der Waals surface area contributed by atoms with Crippen LogP contribution in [0.5, 0.6) is 5.75 Å². The second-order valence-electron chi connectivity index (χ2n) is 6.77. The molecule has 1 aliphatic rings. The number of benzene rings is 2. The molecule has 0 aliphatic carbocycles. The van der Waals surface area contributed by atoms with Crippen molar-refractivity contribution in [3.05, 3.63) is 72.3 Å². The number of hydrogen-bond donors (Lipinski definition) is 1. The van der Waals surface area contributed by atoms with E-state index < -0.39 is 0 Å². The van der Waals surface area contributed by atoms with E-state index in [2.05, 4.69) is 20.2 Å². The summed E-state index contributed by atoms with van der Waals surface area (Å²) >= 11 is 0. The van der Waals surface area contributed by atoms with Crippen molar-refractivity contribution >= 4 is 5.82 Å². The minimum atomic E-state index is -0.369. The van der Waals surface area contributed by atoms with Crippen LogP contribution in [-0.2, 0) is 6.61 Å². The van der Waals surface area contributed by atoms with Crippen LogP contribution < -0.4 is 15.0 Å². The van der Waals surface area contributed by atoms with Gasteiger partial charge in [-0.2, -0.15) is 0 Å². The zero-order valence-corrected chi connectivity index (χ0v) is 15.6. The van der Waals surface area contributed by atoms with E-state index in [1.54, 1.807) is 24.5 Å². The molecule has 1 aliphatic heterocycles. The fourth-order valence-electron chi connectivity index (χ4n) is 3.23. The lowest BCUT2D eigenvalue weighted by Gasteiger charge is -2.20. The third-order valence-corrected chi connectivity index (χ3v) is 4.77. The Kier molecular flexibility index (Phi) is 5.77. The predicted molar refractivity (Wildman–Crippen MR) is 108 cm³/mol. The van der Waals surface area contributed by atoms with Crippen molar-refractivity contribution in [3.8, 4) is 17.0 Å². The number of aromatic nitrogens is 2. The molecule has 0 unspecified atom stereocenters. The van der Waals surface area contributed by atoms with Crippen LogP contribution in [0.15, 0.2) is 60.9 Å². The minimum Gasteiger partial charge on any atom is -0.489 e. The Morgan fingerprint density at radius 3 is 2.68 bits per heavy atom. The van der Waals surface area contributed by atoms with Gasteiger partial charge in [0.15, 0.2) is 0 Å². The molecular formula is C22H23FN4O. The summed E-state index contributed by atoms with van der Waals surface area (Å²) in [7, 11) is 0. The van der Waals surface area contributed by atoms with E-state index in [-0.39, 0.29) is 5.82 Å². The van der Waals surface area contributed by atoms with Crippen LogP contribution in [0.1, 0.15) is 12.0 Å². The molecule has 1 N–H and O–H groups in total. The monoisotopic (exact) mass is 378 g/mol. The fourth-order valence-corrected chi connectivity index (χ4v) is 3.23. The number of hydrogen-bond acceptors (Lipinski definition) is 5. The van der Waals surface area contributed by atoms with Gasteiger partial charge < -0.3 is 15.0 Å². The van der Waals surface area contributed by atoms with Crippen LogP contribution in [-0.4, -0.2) is 36.1 Å². The number of halogens is 1. The predicted octanol–water partition coefficient (Wildman–Crippen LogP) is 3.66. The molecule has 144 valence electrons. The van der Waals surface area contributed by atoms with E-state index in [4.69, 9.17) is 4.74 Å². The van der Waals surface area contributed by atoms with Crippen LogP contribution >= 0.6 is 0 Å². The molecule has 0 spiro atoms. The Bertz CT molecular complexity index is 894. The van der Waals surface area contributed by atoms with Crippen molar-refractivity contribution in [1.29, 1.82) is 0 Å². The van der Waals surface area contributed by atoms with Gasteiger partial charge in [0, 0.05) is 31.3 Å². The Balaban J connectivity index is 1.45. The maximum Gasteiger partial charge on any atom is 0.147 e. The lowest BCUT2D eigenvalue weighted by atomic mass is 10.1. The van der Waals surface area contributed by atoms with Crippen molar-refractivity contribution < 1.29 is 9.13 Å². The third-order valence-electron chi connectivity index (χ3n) is 4.77. The van der Waals surface area contributed by atoms with Gasteiger partial charge in [-0.05, 0) is 30.7 Å². The number of anilines is 1. The van der Waals surface area contributed by atoms with Crippen molar-refractivity contribution in [1.82, 2.24) is 15.3 Å². The minimum absolute atomic E-state index is 0.369. The van der Waals surface area contributed by atoms with Gasteiger partial charge in [-0.3, -0.25) is 4.98 Å². The summed E-state index contributed by atoms with van der Waals surface area (Å²) in [5.41, 5.74) is 1.98. The second-order valence-corrected chi connectivity index (χ2v) is 6.77. The largest absolute Gasteiger partial charge is 0.489 e. The summed E-state index contributed by atoms with van der Waals surface area (Å²) in [6.07, 6.45) is 4.43. The SMILES string of the molecule is Fc1cc(OCc2ccccc2)ccc1-c1cnc(N2CCCNCC2)cn1. The topological polar surface area (TPSA) is 50.3 Å². The van der Waals surface area contributed by atoms with Crippen molar-refractivity contribution in [2.24, 2.45) is 0 Å². The highest BCUT2D eigenvalue weighted by Crippen LogP contribution is 2.26. The van der Waals surface area contributed by atoms with Crippen LogP contribution in [0.2, 0.25) is 0 Å². The van der Waals surface area contributed by atoms with Gasteiger partial charge in [0.25, 0.3) is 0 Å². The number of nitrogens with zero attached hydrogens (tertiary/aromatic N) is 3. The molecule has 6 heteroatoms. The second kappa shape index (κ2) is 8.80. The highest BCUT2D eigenvalue weighted by molar-refractivity contribution is 5.61. The summed E-state index contributed by atoms with van der Waals surface area (Å²) in [6, 6.07) is 14.7. The number of ether oxygens (including phenoxy) is 1. The molecule has 0 atom stereocenters. The van der Waals surface area contributed by atoms with E-state index in [1.807, 2.05) is 30.3 Å². The van der Waals surface area contributed by atoms with E-state index in [0.29, 0.717) is 23.6 Å². The molecule has 1 fully saturated rings. The lowest BCUT2D eigenvalue weighted by Crippen LogP contribution is -2.28. The average Bonchev–Trinajstić information content (AvgIpc) is 3.03. The van der Waals surface area contributed by atoms with E-state index in [1.165, 1.54) is 6.07 Å². The van der Waals surface area contributed by atoms with Crippen molar-refractivity contribution in [2.75, 3.05) is 31.1 Å². The van der Waals surface area contributed by atoms with Crippen molar-refractivity contribution in [3.63, 3.8) is 0 Å². The van der Waals surface area contributed by atoms with Gasteiger partial charge in [0.1, 0.15) is 24.0 Å². The lowest BCUT2D eigenvalue weighted by molar-refractivity contribution is 0.304. The van der Waals surface area contributed by atoms with Gasteiger partial charge in [-0.1, -0.05) is 30.3 Å². The number of nitrogens with one attached hydrogen (secondary N) is 1. The maximum atomic E-state index is 14.6. The van der Waals surface area contributed by atoms with Gasteiger partial charge in [0.05, 0.1) is 18.1 Å². The Hall–Kier alpha value is -2.99. The summed E-state index contributed by atoms with van der Waals surface area (Å²) in [5, 5.41) is 3.37. The van der Waals surface area contributed by atoms with Crippen LogP contribution in [0, 0.1) is 5.82 Å². The van der Waals surface area contributed by atoms with Gasteiger partial charge in [0.2, 0.25) is 0 Å². The molecular weight excluding hydrogens is 355 g/mol. The molecule has 3 aromatic rings. The van der Waals surface area contributed by atoms with E-state index in [0.717, 1.165) is 44.0 Å². The molecule has 0 radical (unpaired) electrons. The molecule has 2 aromatic carbocycles. The molecule has 2 heterocycles. The summed E-state index contributed by atoms with van der Waals surface area (Å²) < 4.78 is 20.3. The molecule has 0 saturated carbocycles. The summed E-state index contributed by atoms with van der Waals surface area (Å²) in [4.78, 5) is 11.1. The maximum absolute atomic E-state index is 14.6. The molecule has 1 saturated heterocycles. The highest BCUT2D eigenvalue weighted by atomic mass is 19.1. The molecule has 1 aromatic heterocycles. The standard InChI is InChI=1S/C22H23FN4O/c23-20-13-18(28-16-17-5-2-1-3-6-17)7-8-19(20)21-14-26-22(15-25-21)27-11-4-9-24-10-12-27/h1-3,5-8,13-15,24H,4,9-12,16H2. The Labute approximate surface area is 164 Å². The quantitative estimate of drug-likeness (QED) is 0.734. The average molecular weight is 378 g/mol. The van der Waals surface area contributed by atoms with Crippen LogP contribution in [0.4, 0.5) is 10.2 Å². The van der Waals surface area contributed by atoms with Crippen LogP contribution in [0.3, 0.4) is 0 Å². The first-order valence-corrected chi connectivity index (χ1v) is 9.54. The highest BCUT2D eigenvalue weighted by Gasteiger charge is 2.13. The van der Waals surface area contributed by atoms with E-state index >= 15 is 0 Å². The molecule has 4 rings (SSSR count). The Morgan fingerprint density at radius 2 is 1.89 bits per heavy atom. The molecule has 28 heavy (non-hydrogen) atoms. The van der Waals surface area contributed by atoms with E-state index in [9.17, 15) is 4.39 Å². The first-order chi connectivity index (χ1) is 13.8. The molecule has 0 bridgehead atoms. The van der Waals surface area contributed by atoms with Gasteiger partial charge >= 0.3 is 0 Å². The first-order valence-electron chi connectivity index (χ1n) is 9.54. The zero-order chi connectivity index (χ0) is 19.2. The smallest absolute Gasteiger partial charge is 0.147 e. The van der Waals surface area contributed by atoms with Crippen LogP contribution in [0.25, 0.3) is 11.3 Å². The third kappa shape index (κ3) is 4.46. The zero-order valence-electron chi connectivity index (χ0n) is 15.6. The fraction of sp³-hybridized carbons (Fsp3) is 0.273.